The highest BCUT2D eigenvalue weighted by molar-refractivity contribution is 7.09. The fourth-order valence-electron chi connectivity index (χ4n) is 3.28. The van der Waals surface area contributed by atoms with E-state index in [1.54, 1.807) is 0 Å². The van der Waals surface area contributed by atoms with E-state index in [0.717, 1.165) is 17.6 Å². The summed E-state index contributed by atoms with van der Waals surface area (Å²) >= 11 is 1.48. The molecule has 1 saturated heterocycles. The van der Waals surface area contributed by atoms with Gasteiger partial charge in [0.05, 0.1) is 6.10 Å². The van der Waals surface area contributed by atoms with E-state index in [0.29, 0.717) is 24.0 Å². The van der Waals surface area contributed by atoms with Crippen LogP contribution in [0, 0.1) is 11.3 Å². The average Bonchev–Trinajstić information content (AvgIpc) is 2.94. The van der Waals surface area contributed by atoms with Gasteiger partial charge in [-0.2, -0.15) is 4.37 Å². The summed E-state index contributed by atoms with van der Waals surface area (Å²) in [7, 11) is 0. The molecule has 3 atom stereocenters. The minimum absolute atomic E-state index is 0.199. The molecule has 4 nitrogen and oxygen atoms in total. The molecule has 1 aromatic rings. The van der Waals surface area contributed by atoms with Crippen LogP contribution in [0.5, 0.6) is 0 Å². The first-order valence-corrected chi connectivity index (χ1v) is 7.49. The molecule has 0 aromatic carbocycles. The molecule has 0 radical (unpaired) electrons. The quantitative estimate of drug-likeness (QED) is 0.914. The van der Waals surface area contributed by atoms with E-state index in [1.165, 1.54) is 18.0 Å². The van der Waals surface area contributed by atoms with Crippen molar-refractivity contribution in [3.05, 3.63) is 5.82 Å². The highest BCUT2D eigenvalue weighted by atomic mass is 32.1. The Kier molecular flexibility index (Phi) is 2.86. The van der Waals surface area contributed by atoms with Gasteiger partial charge < -0.3 is 10.1 Å². The molecule has 2 aliphatic rings. The van der Waals surface area contributed by atoms with Crippen molar-refractivity contribution in [2.75, 3.05) is 11.9 Å². The molecular formula is C13H21N3OS. The van der Waals surface area contributed by atoms with Gasteiger partial charge >= 0.3 is 0 Å². The molecule has 1 aliphatic carbocycles. The highest BCUT2D eigenvalue weighted by Gasteiger charge is 2.59. The van der Waals surface area contributed by atoms with Gasteiger partial charge in [-0.25, -0.2) is 4.98 Å². The van der Waals surface area contributed by atoms with Gasteiger partial charge in [-0.1, -0.05) is 27.7 Å². The van der Waals surface area contributed by atoms with Crippen molar-refractivity contribution in [3.63, 3.8) is 0 Å². The molecule has 1 N–H and O–H groups in total. The second kappa shape index (κ2) is 4.17. The summed E-state index contributed by atoms with van der Waals surface area (Å²) in [6.07, 6.45) is 1.59. The summed E-state index contributed by atoms with van der Waals surface area (Å²) in [5.41, 5.74) is 0.199. The smallest absolute Gasteiger partial charge is 0.202 e. The van der Waals surface area contributed by atoms with Gasteiger partial charge in [-0.3, -0.25) is 0 Å². The normalized spacial score (nSPS) is 33.3. The standard InChI is InChI=1S/C13H21N3OS/c1-7(2)11-15-12(18-16-11)14-9-8-5-6-17-10(8)13(9,3)4/h7-10H,5-6H2,1-4H3,(H,14,15,16)/t8-,9-,10-/m1/s1. The Bertz CT molecular complexity index is 443. The monoisotopic (exact) mass is 267 g/mol. The fraction of sp³-hybridized carbons (Fsp3) is 0.846. The molecule has 0 spiro atoms. The largest absolute Gasteiger partial charge is 0.377 e. The lowest BCUT2D eigenvalue weighted by atomic mass is 9.57. The second-order valence-corrected chi connectivity index (χ2v) is 7.05. The molecule has 2 heterocycles. The molecule has 100 valence electrons. The summed E-state index contributed by atoms with van der Waals surface area (Å²) in [5.74, 6) is 1.99. The van der Waals surface area contributed by atoms with E-state index in [-0.39, 0.29) is 5.41 Å². The number of rotatable bonds is 3. The van der Waals surface area contributed by atoms with Crippen LogP contribution in [-0.2, 0) is 4.74 Å². The maximum Gasteiger partial charge on any atom is 0.202 e. The van der Waals surface area contributed by atoms with Gasteiger partial charge in [-0.15, -0.1) is 0 Å². The lowest BCUT2D eigenvalue weighted by molar-refractivity contribution is -0.0923. The lowest BCUT2D eigenvalue weighted by Crippen LogP contribution is -2.63. The minimum atomic E-state index is 0.199. The van der Waals surface area contributed by atoms with Crippen molar-refractivity contribution < 1.29 is 4.74 Å². The van der Waals surface area contributed by atoms with Crippen LogP contribution in [0.2, 0.25) is 0 Å². The number of aromatic nitrogens is 2. The number of anilines is 1. The van der Waals surface area contributed by atoms with E-state index in [2.05, 4.69) is 42.4 Å². The SMILES string of the molecule is CC(C)c1nsc(N[C@@H]2[C@H]3CCO[C@H]3C2(C)C)n1. The van der Waals surface area contributed by atoms with Gasteiger partial charge in [0.1, 0.15) is 5.82 Å². The number of nitrogens with zero attached hydrogens (tertiary/aromatic N) is 2. The van der Waals surface area contributed by atoms with E-state index < -0.39 is 0 Å². The summed E-state index contributed by atoms with van der Waals surface area (Å²) in [6, 6.07) is 0.470. The van der Waals surface area contributed by atoms with Crippen molar-refractivity contribution in [3.8, 4) is 0 Å². The number of ether oxygens (including phenoxy) is 1. The van der Waals surface area contributed by atoms with Crippen LogP contribution < -0.4 is 5.32 Å². The molecule has 18 heavy (non-hydrogen) atoms. The van der Waals surface area contributed by atoms with Crippen LogP contribution in [0.1, 0.15) is 45.9 Å². The first-order valence-electron chi connectivity index (χ1n) is 6.72. The third-order valence-electron chi connectivity index (χ3n) is 4.34. The molecule has 1 aliphatic heterocycles. The number of nitrogens with one attached hydrogen (secondary N) is 1. The maximum atomic E-state index is 5.81. The molecule has 2 fully saturated rings. The van der Waals surface area contributed by atoms with Gasteiger partial charge in [0.25, 0.3) is 0 Å². The molecule has 1 aromatic heterocycles. The van der Waals surface area contributed by atoms with E-state index in [1.807, 2.05) is 0 Å². The molecular weight excluding hydrogens is 246 g/mol. The summed E-state index contributed by atoms with van der Waals surface area (Å²) in [4.78, 5) is 4.57. The topological polar surface area (TPSA) is 47.0 Å². The van der Waals surface area contributed by atoms with Crippen molar-refractivity contribution in [2.24, 2.45) is 11.3 Å². The Hall–Kier alpha value is -0.680. The second-order valence-electron chi connectivity index (χ2n) is 6.30. The van der Waals surface area contributed by atoms with Crippen LogP contribution >= 0.6 is 11.5 Å². The van der Waals surface area contributed by atoms with Crippen molar-refractivity contribution >= 4 is 16.7 Å². The molecule has 1 saturated carbocycles. The van der Waals surface area contributed by atoms with Gasteiger partial charge in [0.15, 0.2) is 0 Å². The van der Waals surface area contributed by atoms with Crippen LogP contribution in [0.25, 0.3) is 0 Å². The summed E-state index contributed by atoms with van der Waals surface area (Å²) in [6.45, 7) is 9.72. The Labute approximate surface area is 112 Å². The first-order chi connectivity index (χ1) is 8.50. The first kappa shape index (κ1) is 12.4. The number of hydrogen-bond acceptors (Lipinski definition) is 5. The van der Waals surface area contributed by atoms with Crippen LogP contribution in [0.3, 0.4) is 0 Å². The van der Waals surface area contributed by atoms with E-state index in [9.17, 15) is 0 Å². The number of hydrogen-bond donors (Lipinski definition) is 1. The van der Waals surface area contributed by atoms with Gasteiger partial charge in [0, 0.05) is 41.4 Å². The predicted octanol–water partition coefficient (Wildman–Crippen LogP) is 2.89. The minimum Gasteiger partial charge on any atom is -0.377 e. The highest BCUT2D eigenvalue weighted by Crippen LogP contribution is 2.53. The fourth-order valence-corrected chi connectivity index (χ4v) is 4.02. The Morgan fingerprint density at radius 2 is 2.22 bits per heavy atom. The Morgan fingerprint density at radius 1 is 1.44 bits per heavy atom. The molecule has 0 amide bonds. The Morgan fingerprint density at radius 3 is 2.89 bits per heavy atom. The van der Waals surface area contributed by atoms with Crippen molar-refractivity contribution in [1.82, 2.24) is 9.36 Å². The van der Waals surface area contributed by atoms with Crippen molar-refractivity contribution in [1.29, 1.82) is 0 Å². The predicted molar refractivity (Wildman–Crippen MR) is 73.0 cm³/mol. The summed E-state index contributed by atoms with van der Waals surface area (Å²) in [5, 5.41) is 4.54. The zero-order valence-corrected chi connectivity index (χ0v) is 12.3. The molecule has 3 rings (SSSR count). The average molecular weight is 267 g/mol. The zero-order chi connectivity index (χ0) is 12.9. The molecule has 0 bridgehead atoms. The Balaban J connectivity index is 1.72. The molecule has 0 unspecified atom stereocenters. The third kappa shape index (κ3) is 1.75. The van der Waals surface area contributed by atoms with E-state index in [4.69, 9.17) is 4.74 Å². The van der Waals surface area contributed by atoms with Crippen molar-refractivity contribution in [2.45, 2.75) is 52.2 Å². The maximum absolute atomic E-state index is 5.81. The van der Waals surface area contributed by atoms with E-state index >= 15 is 0 Å². The van der Waals surface area contributed by atoms with Crippen LogP contribution in [0.4, 0.5) is 5.13 Å². The zero-order valence-electron chi connectivity index (χ0n) is 11.4. The van der Waals surface area contributed by atoms with Gasteiger partial charge in [0.2, 0.25) is 5.13 Å². The summed E-state index contributed by atoms with van der Waals surface area (Å²) < 4.78 is 10.2. The van der Waals surface area contributed by atoms with Gasteiger partial charge in [-0.05, 0) is 6.42 Å². The third-order valence-corrected chi connectivity index (χ3v) is 5.00. The van der Waals surface area contributed by atoms with Crippen LogP contribution in [0.15, 0.2) is 0 Å². The lowest BCUT2D eigenvalue weighted by Gasteiger charge is -2.54. The van der Waals surface area contributed by atoms with Crippen LogP contribution in [-0.4, -0.2) is 28.1 Å². The number of fused-ring (bicyclic) bond motifs is 1. The molecule has 5 heteroatoms.